The van der Waals surface area contributed by atoms with Crippen molar-refractivity contribution in [3.8, 4) is 0 Å². The van der Waals surface area contributed by atoms with E-state index in [1.807, 2.05) is 20.8 Å². The van der Waals surface area contributed by atoms with Gasteiger partial charge in [-0.2, -0.15) is 0 Å². The lowest BCUT2D eigenvalue weighted by atomic mass is 9.71. The molecule has 0 amide bonds. The third-order valence-corrected chi connectivity index (χ3v) is 8.36. The fraction of sp³-hybridized carbons (Fsp3) is 0.741. The number of fused-ring (bicyclic) bond motifs is 1. The number of epoxide rings is 1. The summed E-state index contributed by atoms with van der Waals surface area (Å²) in [5.41, 5.74) is 4.34. The summed E-state index contributed by atoms with van der Waals surface area (Å²) in [5.74, 6) is -1.36. The summed E-state index contributed by atoms with van der Waals surface area (Å²) in [5, 5.41) is 22.2. The normalized spacial score (nSPS) is 36.1. The van der Waals surface area contributed by atoms with Crippen LogP contribution in [-0.4, -0.2) is 57.0 Å². The number of esters is 1. The number of cyclic esters (lactones) is 1. The number of carbonyl (C=O) groups excluding carboxylic acids is 2. The maximum atomic E-state index is 13.4. The van der Waals surface area contributed by atoms with Crippen molar-refractivity contribution in [1.82, 2.24) is 4.98 Å². The third-order valence-electron chi connectivity index (χ3n) is 8.01. The second-order valence-electron chi connectivity index (χ2n) is 11.2. The van der Waals surface area contributed by atoms with Crippen molar-refractivity contribution in [2.24, 2.45) is 23.0 Å². The fourth-order valence-corrected chi connectivity index (χ4v) is 5.37. The number of hydrogen-bond acceptors (Lipinski definition) is 9. The number of aromatic nitrogens is 1. The van der Waals surface area contributed by atoms with E-state index in [0.717, 1.165) is 19.3 Å². The first-order valence-electron chi connectivity index (χ1n) is 13.1. The number of nitrogens with two attached hydrogens (primary N) is 1. The molecule has 0 aliphatic carbocycles. The molecule has 4 N–H and O–H groups in total. The van der Waals surface area contributed by atoms with Gasteiger partial charge in [0.1, 0.15) is 23.8 Å². The fourth-order valence-electron chi connectivity index (χ4n) is 5.13. The van der Waals surface area contributed by atoms with E-state index >= 15 is 0 Å². The second-order valence-corrected chi connectivity index (χ2v) is 11.6. The Balaban J connectivity index is 1.87. The Kier molecular flexibility index (Phi) is 9.61. The molecule has 0 aromatic carbocycles. The van der Waals surface area contributed by atoms with Crippen LogP contribution in [0, 0.1) is 17.3 Å². The van der Waals surface area contributed by atoms with Crippen molar-refractivity contribution in [3.63, 3.8) is 0 Å². The summed E-state index contributed by atoms with van der Waals surface area (Å²) in [6.45, 7) is 9.14. The van der Waals surface area contributed by atoms with Crippen LogP contribution < -0.4 is 5.73 Å². The lowest BCUT2D eigenvalue weighted by Gasteiger charge is -2.35. The summed E-state index contributed by atoms with van der Waals surface area (Å²) in [7, 11) is 0. The van der Waals surface area contributed by atoms with Gasteiger partial charge in [-0.15, -0.1) is 0 Å². The number of carbonyl (C=O) groups is 2. The minimum Gasteiger partial charge on any atom is -0.456 e. The lowest BCUT2D eigenvalue weighted by Crippen LogP contribution is -2.46. The summed E-state index contributed by atoms with van der Waals surface area (Å²) in [6, 6.07) is 0. The maximum Gasteiger partial charge on any atom is 0.309 e. The van der Waals surface area contributed by atoms with Gasteiger partial charge in [-0.05, 0) is 38.2 Å². The number of hydrogen-bond donors (Lipinski definition) is 3. The summed E-state index contributed by atoms with van der Waals surface area (Å²) < 4.78 is 17.0. The van der Waals surface area contributed by atoms with Crippen molar-refractivity contribution in [3.05, 3.63) is 22.9 Å². The molecule has 0 radical (unpaired) electrons. The zero-order valence-electron chi connectivity index (χ0n) is 22.4. The van der Waals surface area contributed by atoms with Gasteiger partial charge in [-0.1, -0.05) is 45.7 Å². The topological polar surface area (TPSA) is 148 Å². The first-order valence-corrected chi connectivity index (χ1v) is 13.5. The second kappa shape index (κ2) is 11.9. The van der Waals surface area contributed by atoms with Gasteiger partial charge in [0.15, 0.2) is 0 Å². The van der Waals surface area contributed by atoms with E-state index in [2.05, 4.69) is 4.98 Å². The van der Waals surface area contributed by atoms with E-state index in [0.29, 0.717) is 24.4 Å². The molecule has 3 rings (SSSR count). The molecule has 9 nitrogen and oxygen atoms in total. The summed E-state index contributed by atoms with van der Waals surface area (Å²) in [4.78, 5) is 30.6. The van der Waals surface area contributed by atoms with Gasteiger partial charge in [-0.25, -0.2) is 4.98 Å². The number of nitrogens with zero attached hydrogens (tertiary/aromatic N) is 1. The number of rotatable bonds is 4. The maximum absolute atomic E-state index is 13.4. The molecule has 37 heavy (non-hydrogen) atoms. The average Bonchev–Trinajstić information content (AvgIpc) is 3.24. The van der Waals surface area contributed by atoms with Crippen LogP contribution in [0.25, 0.3) is 6.08 Å². The van der Waals surface area contributed by atoms with E-state index in [1.165, 1.54) is 6.26 Å². The van der Waals surface area contributed by atoms with Crippen LogP contribution in [-0.2, 0) is 25.6 Å². The Hall–Kier alpha value is -1.78. The number of halogens is 1. The van der Waals surface area contributed by atoms with Gasteiger partial charge in [0.25, 0.3) is 0 Å². The standard InChI is InChI=1S/C27H41ClN2O7/c1-6-17-24(33)15(2)8-7-9-27(5)21(37-27)11-19(18(28)10-16-14-35-22(13-29)30-16)36-23(32)12-20(31)26(3,4)25(17)34/h10,14-15,17,19-21,24,31,33H,6-9,11-13,29H2,1-5H3. The third kappa shape index (κ3) is 7.00. The van der Waals surface area contributed by atoms with Crippen molar-refractivity contribution in [1.29, 1.82) is 0 Å². The van der Waals surface area contributed by atoms with Gasteiger partial charge in [0.05, 0.1) is 47.3 Å². The highest BCUT2D eigenvalue weighted by atomic mass is 35.5. The highest BCUT2D eigenvalue weighted by molar-refractivity contribution is 6.32. The monoisotopic (exact) mass is 540 g/mol. The largest absolute Gasteiger partial charge is 0.456 e. The van der Waals surface area contributed by atoms with Crippen LogP contribution in [0.3, 0.4) is 0 Å². The van der Waals surface area contributed by atoms with Crippen molar-refractivity contribution in [2.75, 3.05) is 0 Å². The van der Waals surface area contributed by atoms with Crippen LogP contribution in [0.2, 0.25) is 0 Å². The number of ketones is 1. The zero-order chi connectivity index (χ0) is 27.5. The van der Waals surface area contributed by atoms with Crippen LogP contribution in [0.5, 0.6) is 0 Å². The molecule has 7 atom stereocenters. The molecule has 2 aliphatic rings. The SMILES string of the molecule is CCC1C(=O)C(C)(C)C(O)CC(=O)OC(C(Cl)=Cc2coc(CN)n2)CC2OC2(C)CCCC(C)C1O. The molecule has 0 saturated carbocycles. The molecule has 3 heterocycles. The molecular formula is C27H41ClN2O7. The van der Waals surface area contributed by atoms with Gasteiger partial charge in [0.2, 0.25) is 5.89 Å². The van der Waals surface area contributed by atoms with Gasteiger partial charge < -0.3 is 29.8 Å². The quantitative estimate of drug-likeness (QED) is 0.383. The Morgan fingerprint density at radius 1 is 1.30 bits per heavy atom. The van der Waals surface area contributed by atoms with Crippen LogP contribution in [0.1, 0.15) is 84.7 Å². The minimum absolute atomic E-state index is 0.105. The number of oxazole rings is 1. The van der Waals surface area contributed by atoms with E-state index in [4.69, 9.17) is 31.2 Å². The van der Waals surface area contributed by atoms with E-state index in [9.17, 15) is 19.8 Å². The predicted molar refractivity (Wildman–Crippen MR) is 138 cm³/mol. The molecule has 10 heteroatoms. The zero-order valence-corrected chi connectivity index (χ0v) is 23.2. The molecule has 1 aromatic rings. The number of aliphatic hydroxyl groups excluding tert-OH is 2. The smallest absolute Gasteiger partial charge is 0.309 e. The van der Waals surface area contributed by atoms with E-state index < -0.39 is 47.6 Å². The van der Waals surface area contributed by atoms with Gasteiger partial charge >= 0.3 is 5.97 Å². The van der Waals surface area contributed by atoms with E-state index in [-0.39, 0.29) is 29.4 Å². The molecule has 7 unspecified atom stereocenters. The van der Waals surface area contributed by atoms with E-state index in [1.54, 1.807) is 19.9 Å². The Morgan fingerprint density at radius 3 is 2.62 bits per heavy atom. The van der Waals surface area contributed by atoms with Crippen LogP contribution in [0.15, 0.2) is 15.7 Å². The molecule has 208 valence electrons. The summed E-state index contributed by atoms with van der Waals surface area (Å²) >= 11 is 6.60. The number of aliphatic hydroxyl groups is 2. The van der Waals surface area contributed by atoms with Crippen LogP contribution in [0.4, 0.5) is 0 Å². The predicted octanol–water partition coefficient (Wildman–Crippen LogP) is 3.73. The van der Waals surface area contributed by atoms with Gasteiger partial charge in [0, 0.05) is 12.3 Å². The number of ether oxygens (including phenoxy) is 2. The average molecular weight is 541 g/mol. The Bertz CT molecular complexity index is 993. The highest BCUT2D eigenvalue weighted by Gasteiger charge is 2.53. The summed E-state index contributed by atoms with van der Waals surface area (Å²) in [6.07, 6.45) is 2.48. The van der Waals surface area contributed by atoms with Gasteiger partial charge in [-0.3, -0.25) is 9.59 Å². The first-order chi connectivity index (χ1) is 17.3. The molecule has 2 aliphatic heterocycles. The molecular weight excluding hydrogens is 500 g/mol. The molecule has 0 bridgehead atoms. The minimum atomic E-state index is -1.30. The molecule has 1 aromatic heterocycles. The lowest BCUT2D eigenvalue weighted by molar-refractivity contribution is -0.154. The Labute approximate surface area is 223 Å². The highest BCUT2D eigenvalue weighted by Crippen LogP contribution is 2.45. The molecule has 2 fully saturated rings. The van der Waals surface area contributed by atoms with Crippen LogP contribution >= 0.6 is 11.6 Å². The first kappa shape index (κ1) is 29.8. The van der Waals surface area contributed by atoms with Crippen molar-refractivity contribution >= 4 is 29.4 Å². The van der Waals surface area contributed by atoms with Crippen molar-refractivity contribution < 1.29 is 33.7 Å². The Morgan fingerprint density at radius 2 is 2.00 bits per heavy atom. The molecule has 2 saturated heterocycles. The molecule has 0 spiro atoms. The van der Waals surface area contributed by atoms with Crippen molar-refractivity contribution in [2.45, 2.75) is 110 Å². The number of Topliss-reactive ketones (excluding diaryl/α,β-unsaturated/α-hetero) is 1.